The predicted molar refractivity (Wildman–Crippen MR) is 83.2 cm³/mol. The zero-order valence-corrected chi connectivity index (χ0v) is 13.3. The Hall–Kier alpha value is -2.23. The van der Waals surface area contributed by atoms with E-state index in [9.17, 15) is 9.59 Å². The van der Waals surface area contributed by atoms with Crippen LogP contribution < -0.4 is 16.3 Å². The van der Waals surface area contributed by atoms with Gasteiger partial charge in [0.05, 0.1) is 0 Å². The molecule has 2 aromatic rings. The monoisotopic (exact) mass is 325 g/mol. The Morgan fingerprint density at radius 2 is 2.23 bits per heavy atom. The third kappa shape index (κ3) is 4.65. The van der Waals surface area contributed by atoms with Crippen molar-refractivity contribution in [2.24, 2.45) is 0 Å². The third-order valence-corrected chi connectivity index (χ3v) is 4.07. The average Bonchev–Trinajstić information content (AvgIpc) is 3.08. The minimum Gasteiger partial charge on any atom is -0.337 e. The van der Waals surface area contributed by atoms with Crippen molar-refractivity contribution in [2.45, 2.75) is 39.0 Å². The maximum absolute atomic E-state index is 11.7. The molecule has 0 aromatic carbocycles. The molecule has 0 fully saturated rings. The van der Waals surface area contributed by atoms with Gasteiger partial charge in [-0.05, 0) is 6.42 Å². The summed E-state index contributed by atoms with van der Waals surface area (Å²) >= 11 is 1.38. The Bertz CT molecular complexity index is 662. The van der Waals surface area contributed by atoms with E-state index in [1.165, 1.54) is 11.3 Å². The van der Waals surface area contributed by atoms with Crippen LogP contribution in [0.2, 0.25) is 0 Å². The summed E-state index contributed by atoms with van der Waals surface area (Å²) in [6, 6.07) is -0.358. The van der Waals surface area contributed by atoms with Gasteiger partial charge in [0.15, 0.2) is 0 Å². The summed E-state index contributed by atoms with van der Waals surface area (Å²) in [5.41, 5.74) is -0.359. The molecule has 0 aliphatic rings. The lowest BCUT2D eigenvalue weighted by Crippen LogP contribution is -2.30. The van der Waals surface area contributed by atoms with Gasteiger partial charge in [-0.3, -0.25) is 10.3 Å². The zero-order valence-electron chi connectivity index (χ0n) is 12.5. The van der Waals surface area contributed by atoms with Gasteiger partial charge in [-0.25, -0.2) is 14.7 Å². The minimum absolute atomic E-state index is 0.345. The third-order valence-electron chi connectivity index (χ3n) is 3.00. The molecule has 0 spiro atoms. The van der Waals surface area contributed by atoms with Crippen molar-refractivity contribution in [3.05, 3.63) is 21.3 Å². The Kier molecular flexibility index (Phi) is 5.64. The van der Waals surface area contributed by atoms with Crippen LogP contribution in [0.15, 0.2) is 4.79 Å². The molecule has 0 saturated heterocycles. The average molecular weight is 325 g/mol. The Balaban J connectivity index is 1.76. The first-order chi connectivity index (χ1) is 10.6. The minimum atomic E-state index is -0.359. The maximum Gasteiger partial charge on any atom is 0.340 e. The number of urea groups is 1. The lowest BCUT2D eigenvalue weighted by molar-refractivity contribution is 0.252. The number of amides is 2. The molecule has 9 nitrogen and oxygen atoms in total. The van der Waals surface area contributed by atoms with E-state index in [1.807, 2.05) is 0 Å². The Morgan fingerprint density at radius 1 is 1.41 bits per heavy atom. The van der Waals surface area contributed by atoms with Crippen molar-refractivity contribution >= 4 is 22.5 Å². The molecule has 2 rings (SSSR count). The molecule has 120 valence electrons. The Morgan fingerprint density at radius 3 is 2.91 bits per heavy atom. The fraction of sp³-hybridized carbons (Fsp3) is 0.583. The number of anilines is 1. The lowest BCUT2D eigenvalue weighted by Gasteiger charge is -2.04. The van der Waals surface area contributed by atoms with Crippen LogP contribution in [0, 0.1) is 0 Å². The van der Waals surface area contributed by atoms with Crippen LogP contribution in [0.3, 0.4) is 0 Å². The summed E-state index contributed by atoms with van der Waals surface area (Å²) in [6.07, 6.45) is 2.56. The SMILES string of the molecule is CCC[C@H](C)c1nnc(NC(=O)NCCc2n[nH]c(=O)[nH]2)s1. The second kappa shape index (κ2) is 7.69. The summed E-state index contributed by atoms with van der Waals surface area (Å²) in [6.45, 7) is 4.57. The van der Waals surface area contributed by atoms with E-state index < -0.39 is 0 Å². The number of carbonyl (C=O) groups excluding carboxylic acids is 1. The highest BCUT2D eigenvalue weighted by atomic mass is 32.1. The van der Waals surface area contributed by atoms with Crippen LogP contribution in [0.4, 0.5) is 9.93 Å². The topological polar surface area (TPSA) is 128 Å². The number of carbonyl (C=O) groups is 1. The largest absolute Gasteiger partial charge is 0.340 e. The van der Waals surface area contributed by atoms with Crippen molar-refractivity contribution in [1.29, 1.82) is 0 Å². The number of rotatable bonds is 7. The van der Waals surface area contributed by atoms with E-state index in [-0.39, 0.29) is 11.7 Å². The van der Waals surface area contributed by atoms with Crippen LogP contribution in [0.1, 0.15) is 43.4 Å². The van der Waals surface area contributed by atoms with Gasteiger partial charge in [-0.1, -0.05) is 31.6 Å². The molecule has 1 atom stereocenters. The highest BCUT2D eigenvalue weighted by molar-refractivity contribution is 7.15. The molecule has 0 aliphatic heterocycles. The fourth-order valence-electron chi connectivity index (χ4n) is 1.90. The molecule has 0 aliphatic carbocycles. The first kappa shape index (κ1) is 16.1. The highest BCUT2D eigenvalue weighted by Gasteiger charge is 2.12. The highest BCUT2D eigenvalue weighted by Crippen LogP contribution is 2.26. The standard InChI is InChI=1S/C12H19N7O2S/c1-3-4-7(2)9-17-19-12(22-9)15-10(20)13-6-5-8-14-11(21)18-16-8/h7H,3-6H2,1-2H3,(H2,13,15,19,20)(H2,14,16,18,21)/t7-/m0/s1. The molecule has 2 amide bonds. The van der Waals surface area contributed by atoms with E-state index in [2.05, 4.69) is 49.9 Å². The quantitative estimate of drug-likeness (QED) is 0.608. The predicted octanol–water partition coefficient (Wildman–Crippen LogP) is 1.22. The molecule has 10 heteroatoms. The molecule has 22 heavy (non-hydrogen) atoms. The number of nitrogens with zero attached hydrogens (tertiary/aromatic N) is 3. The molecule has 2 aromatic heterocycles. The molecule has 0 unspecified atom stereocenters. The second-order valence-electron chi connectivity index (χ2n) is 4.89. The van der Waals surface area contributed by atoms with Gasteiger partial charge < -0.3 is 5.32 Å². The van der Waals surface area contributed by atoms with E-state index in [4.69, 9.17) is 0 Å². The normalized spacial score (nSPS) is 12.1. The Labute approximate surface area is 130 Å². The van der Waals surface area contributed by atoms with E-state index in [1.54, 1.807) is 0 Å². The smallest absolute Gasteiger partial charge is 0.337 e. The molecular weight excluding hydrogens is 306 g/mol. The van der Waals surface area contributed by atoms with Crippen molar-refractivity contribution < 1.29 is 4.79 Å². The van der Waals surface area contributed by atoms with Gasteiger partial charge in [0, 0.05) is 18.9 Å². The fourth-order valence-corrected chi connectivity index (χ4v) is 2.72. The molecule has 0 saturated carbocycles. The van der Waals surface area contributed by atoms with Gasteiger partial charge in [0.2, 0.25) is 5.13 Å². The molecule has 2 heterocycles. The van der Waals surface area contributed by atoms with Crippen LogP contribution in [0.5, 0.6) is 0 Å². The number of nitrogens with one attached hydrogen (secondary N) is 4. The van der Waals surface area contributed by atoms with Gasteiger partial charge >= 0.3 is 11.7 Å². The summed E-state index contributed by atoms with van der Waals surface area (Å²) < 4.78 is 0. The van der Waals surface area contributed by atoms with Gasteiger partial charge in [-0.15, -0.1) is 10.2 Å². The van der Waals surface area contributed by atoms with Crippen LogP contribution in [0.25, 0.3) is 0 Å². The second-order valence-corrected chi connectivity index (χ2v) is 5.90. The zero-order chi connectivity index (χ0) is 15.9. The van der Waals surface area contributed by atoms with Crippen LogP contribution >= 0.6 is 11.3 Å². The molecule has 0 radical (unpaired) electrons. The van der Waals surface area contributed by atoms with Crippen molar-refractivity contribution in [1.82, 2.24) is 30.7 Å². The van der Waals surface area contributed by atoms with E-state index in [0.717, 1.165) is 17.8 Å². The summed E-state index contributed by atoms with van der Waals surface area (Å²) in [5, 5.41) is 20.8. The van der Waals surface area contributed by atoms with Crippen LogP contribution in [-0.2, 0) is 6.42 Å². The summed E-state index contributed by atoms with van der Waals surface area (Å²) in [4.78, 5) is 25.1. The molecule has 0 bridgehead atoms. The number of hydrogen-bond donors (Lipinski definition) is 4. The number of aromatic amines is 2. The summed E-state index contributed by atoms with van der Waals surface area (Å²) in [7, 11) is 0. The lowest BCUT2D eigenvalue weighted by atomic mass is 10.1. The maximum atomic E-state index is 11.7. The van der Waals surface area contributed by atoms with Crippen LogP contribution in [-0.4, -0.2) is 38.0 Å². The van der Waals surface area contributed by atoms with Crippen molar-refractivity contribution in [2.75, 3.05) is 11.9 Å². The van der Waals surface area contributed by atoms with Crippen molar-refractivity contribution in [3.8, 4) is 0 Å². The first-order valence-electron chi connectivity index (χ1n) is 7.10. The number of aromatic nitrogens is 5. The van der Waals surface area contributed by atoms with Crippen molar-refractivity contribution in [3.63, 3.8) is 0 Å². The first-order valence-corrected chi connectivity index (χ1v) is 7.92. The molecular formula is C12H19N7O2S. The number of hydrogen-bond acceptors (Lipinski definition) is 6. The van der Waals surface area contributed by atoms with Gasteiger partial charge in [0.1, 0.15) is 10.8 Å². The number of H-pyrrole nitrogens is 2. The van der Waals surface area contributed by atoms with Gasteiger partial charge in [-0.2, -0.15) is 5.10 Å². The summed E-state index contributed by atoms with van der Waals surface area (Å²) in [5.74, 6) is 0.842. The molecule has 4 N–H and O–H groups in total. The van der Waals surface area contributed by atoms with E-state index >= 15 is 0 Å². The van der Waals surface area contributed by atoms with Gasteiger partial charge in [0.25, 0.3) is 0 Å². The van der Waals surface area contributed by atoms with E-state index in [0.29, 0.717) is 29.8 Å².